The van der Waals surface area contributed by atoms with E-state index >= 15 is 0 Å². The summed E-state index contributed by atoms with van der Waals surface area (Å²) in [7, 11) is 0. The molecule has 0 fully saturated rings. The Kier molecular flexibility index (Phi) is 4.05. The van der Waals surface area contributed by atoms with Gasteiger partial charge in [-0.15, -0.1) is 0 Å². The van der Waals surface area contributed by atoms with Gasteiger partial charge in [-0.2, -0.15) is 0 Å². The van der Waals surface area contributed by atoms with Crippen LogP contribution in [0.3, 0.4) is 0 Å². The zero-order valence-corrected chi connectivity index (χ0v) is 11.3. The molecule has 0 aliphatic rings. The second-order valence-electron chi connectivity index (χ2n) is 4.15. The number of urea groups is 1. The Labute approximate surface area is 119 Å². The Balaban J connectivity index is 2.24. The number of pyridine rings is 1. The molecule has 3 N–H and O–H groups in total. The number of carboxylic acids is 1. The van der Waals surface area contributed by atoms with Crippen molar-refractivity contribution in [1.29, 1.82) is 0 Å². The molecule has 0 radical (unpaired) electrons. The van der Waals surface area contributed by atoms with E-state index in [4.69, 9.17) is 16.7 Å². The van der Waals surface area contributed by atoms with Crippen LogP contribution in [0.4, 0.5) is 10.5 Å². The summed E-state index contributed by atoms with van der Waals surface area (Å²) in [6.07, 6.45) is 1.58. The van der Waals surface area contributed by atoms with E-state index < -0.39 is 18.0 Å². The number of benzene rings is 1. The molecule has 0 saturated heterocycles. The molecule has 104 valence electrons. The van der Waals surface area contributed by atoms with Crippen LogP contribution in [-0.4, -0.2) is 28.1 Å². The summed E-state index contributed by atoms with van der Waals surface area (Å²) in [5, 5.41) is 14.8. The summed E-state index contributed by atoms with van der Waals surface area (Å²) in [5.74, 6) is -1.11. The van der Waals surface area contributed by atoms with Gasteiger partial charge in [0, 0.05) is 11.6 Å². The summed E-state index contributed by atoms with van der Waals surface area (Å²) in [5.41, 5.74) is 0.998. The quantitative estimate of drug-likeness (QED) is 0.811. The number of rotatable bonds is 3. The number of carboxylic acid groups (broad SMARTS) is 1. The third kappa shape index (κ3) is 2.97. The lowest BCUT2D eigenvalue weighted by atomic mass is 10.2. The van der Waals surface area contributed by atoms with E-state index in [1.165, 1.54) is 6.92 Å². The molecule has 2 aromatic rings. The van der Waals surface area contributed by atoms with Crippen LogP contribution in [0.2, 0.25) is 5.02 Å². The van der Waals surface area contributed by atoms with E-state index in [9.17, 15) is 9.59 Å². The van der Waals surface area contributed by atoms with Gasteiger partial charge in [0.1, 0.15) is 6.04 Å². The largest absolute Gasteiger partial charge is 0.480 e. The first-order valence-corrected chi connectivity index (χ1v) is 6.20. The molecule has 0 aliphatic carbocycles. The number of nitrogens with one attached hydrogen (secondary N) is 2. The van der Waals surface area contributed by atoms with Gasteiger partial charge in [0.2, 0.25) is 0 Å². The predicted octanol–water partition coefficient (Wildman–Crippen LogP) is 2.48. The van der Waals surface area contributed by atoms with E-state index in [0.29, 0.717) is 21.6 Å². The molecular formula is C13H12ClN3O3. The molecule has 20 heavy (non-hydrogen) atoms. The fourth-order valence-electron chi connectivity index (χ4n) is 1.66. The van der Waals surface area contributed by atoms with Crippen molar-refractivity contribution in [2.24, 2.45) is 0 Å². The predicted molar refractivity (Wildman–Crippen MR) is 76.0 cm³/mol. The zero-order valence-electron chi connectivity index (χ0n) is 10.6. The number of anilines is 1. The third-order valence-electron chi connectivity index (χ3n) is 2.68. The van der Waals surface area contributed by atoms with Gasteiger partial charge in [-0.3, -0.25) is 9.78 Å². The Morgan fingerprint density at radius 3 is 2.80 bits per heavy atom. The van der Waals surface area contributed by atoms with Gasteiger partial charge < -0.3 is 15.7 Å². The first kappa shape index (κ1) is 14.1. The van der Waals surface area contributed by atoms with E-state index in [1.54, 1.807) is 30.5 Å². The van der Waals surface area contributed by atoms with Crippen molar-refractivity contribution in [2.75, 3.05) is 5.32 Å². The van der Waals surface area contributed by atoms with Crippen LogP contribution in [-0.2, 0) is 4.79 Å². The van der Waals surface area contributed by atoms with Crippen molar-refractivity contribution in [1.82, 2.24) is 10.3 Å². The fourth-order valence-corrected chi connectivity index (χ4v) is 1.87. The number of carbonyl (C=O) groups excluding carboxylic acids is 1. The van der Waals surface area contributed by atoms with Crippen LogP contribution in [0.15, 0.2) is 30.5 Å². The number of halogens is 1. The standard InChI is InChI=1S/C13H12ClN3O3/c1-7(12(18)19)16-13(20)17-10-5-4-9(14)8-3-2-6-15-11(8)10/h2-7H,1H3,(H,18,19)(H2,16,17,20). The summed E-state index contributed by atoms with van der Waals surface area (Å²) in [6.45, 7) is 1.38. The molecule has 1 heterocycles. The van der Waals surface area contributed by atoms with Crippen molar-refractivity contribution in [3.8, 4) is 0 Å². The van der Waals surface area contributed by atoms with Gasteiger partial charge in [0.05, 0.1) is 16.2 Å². The molecule has 0 saturated carbocycles. The normalized spacial score (nSPS) is 11.9. The molecule has 1 atom stereocenters. The third-order valence-corrected chi connectivity index (χ3v) is 3.01. The maximum atomic E-state index is 11.7. The van der Waals surface area contributed by atoms with Crippen LogP contribution in [0.5, 0.6) is 0 Å². The lowest BCUT2D eigenvalue weighted by Gasteiger charge is -2.12. The summed E-state index contributed by atoms with van der Waals surface area (Å²) >= 11 is 6.05. The first-order chi connectivity index (χ1) is 9.49. The molecule has 1 unspecified atom stereocenters. The Morgan fingerprint density at radius 1 is 1.35 bits per heavy atom. The SMILES string of the molecule is CC(NC(=O)Nc1ccc(Cl)c2cccnc12)C(=O)O. The van der Waals surface area contributed by atoms with E-state index in [-0.39, 0.29) is 0 Å². The molecule has 0 spiro atoms. The minimum atomic E-state index is -1.11. The highest BCUT2D eigenvalue weighted by Gasteiger charge is 2.15. The number of aliphatic carboxylic acids is 1. The fraction of sp³-hybridized carbons (Fsp3) is 0.154. The molecule has 2 rings (SSSR count). The molecule has 7 heteroatoms. The second-order valence-corrected chi connectivity index (χ2v) is 4.56. The van der Waals surface area contributed by atoms with Gasteiger partial charge >= 0.3 is 12.0 Å². The van der Waals surface area contributed by atoms with E-state index in [1.807, 2.05) is 0 Å². The first-order valence-electron chi connectivity index (χ1n) is 5.82. The lowest BCUT2D eigenvalue weighted by molar-refractivity contribution is -0.138. The van der Waals surface area contributed by atoms with Crippen molar-refractivity contribution >= 4 is 40.2 Å². The molecule has 2 amide bonds. The average molecular weight is 294 g/mol. The minimum Gasteiger partial charge on any atom is -0.480 e. The van der Waals surface area contributed by atoms with Gasteiger partial charge in [-0.1, -0.05) is 11.6 Å². The number of aromatic nitrogens is 1. The highest BCUT2D eigenvalue weighted by Crippen LogP contribution is 2.27. The molecule has 0 bridgehead atoms. The maximum Gasteiger partial charge on any atom is 0.325 e. The average Bonchev–Trinajstić information content (AvgIpc) is 2.42. The number of hydrogen-bond donors (Lipinski definition) is 3. The van der Waals surface area contributed by atoms with E-state index in [0.717, 1.165) is 0 Å². The number of nitrogens with zero attached hydrogens (tertiary/aromatic N) is 1. The Bertz CT molecular complexity index is 675. The number of amides is 2. The van der Waals surface area contributed by atoms with Crippen LogP contribution in [0.25, 0.3) is 10.9 Å². The highest BCUT2D eigenvalue weighted by atomic mass is 35.5. The van der Waals surface area contributed by atoms with Crippen LogP contribution >= 0.6 is 11.6 Å². The molecule has 1 aromatic carbocycles. The van der Waals surface area contributed by atoms with Crippen LogP contribution in [0.1, 0.15) is 6.92 Å². The number of fused-ring (bicyclic) bond motifs is 1. The van der Waals surface area contributed by atoms with Crippen molar-refractivity contribution < 1.29 is 14.7 Å². The van der Waals surface area contributed by atoms with Crippen LogP contribution in [0, 0.1) is 0 Å². The van der Waals surface area contributed by atoms with Gasteiger partial charge in [-0.05, 0) is 31.2 Å². The second kappa shape index (κ2) is 5.75. The topological polar surface area (TPSA) is 91.3 Å². The van der Waals surface area contributed by atoms with Crippen molar-refractivity contribution in [3.05, 3.63) is 35.5 Å². The molecular weight excluding hydrogens is 282 g/mol. The highest BCUT2D eigenvalue weighted by molar-refractivity contribution is 6.35. The molecule has 0 aliphatic heterocycles. The lowest BCUT2D eigenvalue weighted by Crippen LogP contribution is -2.40. The number of hydrogen-bond acceptors (Lipinski definition) is 3. The van der Waals surface area contributed by atoms with Crippen molar-refractivity contribution in [2.45, 2.75) is 13.0 Å². The van der Waals surface area contributed by atoms with E-state index in [2.05, 4.69) is 15.6 Å². The minimum absolute atomic E-state index is 0.458. The van der Waals surface area contributed by atoms with Gasteiger partial charge in [0.25, 0.3) is 0 Å². The summed E-state index contributed by atoms with van der Waals surface area (Å²) < 4.78 is 0. The smallest absolute Gasteiger partial charge is 0.325 e. The number of carbonyl (C=O) groups is 2. The Morgan fingerprint density at radius 2 is 2.10 bits per heavy atom. The molecule has 6 nitrogen and oxygen atoms in total. The van der Waals surface area contributed by atoms with Gasteiger partial charge in [-0.25, -0.2) is 4.79 Å². The van der Waals surface area contributed by atoms with Gasteiger partial charge in [0.15, 0.2) is 0 Å². The Hall–Kier alpha value is -2.34. The zero-order chi connectivity index (χ0) is 14.7. The monoisotopic (exact) mass is 293 g/mol. The van der Waals surface area contributed by atoms with Crippen molar-refractivity contribution in [3.63, 3.8) is 0 Å². The maximum absolute atomic E-state index is 11.7. The summed E-state index contributed by atoms with van der Waals surface area (Å²) in [6, 6.07) is 5.18. The van der Waals surface area contributed by atoms with Crippen LogP contribution < -0.4 is 10.6 Å². The molecule has 1 aromatic heterocycles. The summed E-state index contributed by atoms with van der Waals surface area (Å²) in [4.78, 5) is 26.5.